The van der Waals surface area contributed by atoms with Crippen molar-refractivity contribution in [2.45, 2.75) is 77.3 Å². The van der Waals surface area contributed by atoms with E-state index in [9.17, 15) is 0 Å². The molecule has 106 valence electrons. The van der Waals surface area contributed by atoms with Crippen molar-refractivity contribution < 1.29 is 0 Å². The molecule has 2 aliphatic rings. The number of hydrogen-bond donors (Lipinski definition) is 1. The molecule has 2 atom stereocenters. The molecule has 1 aliphatic carbocycles. The maximum Gasteiger partial charge on any atom is 0.00533 e. The summed E-state index contributed by atoms with van der Waals surface area (Å²) in [4.78, 5) is 2.71. The monoisotopic (exact) mass is 252 g/mol. The van der Waals surface area contributed by atoms with E-state index in [1.165, 1.54) is 71.0 Å². The lowest BCUT2D eigenvalue weighted by Gasteiger charge is -2.31. The minimum Gasteiger partial charge on any atom is -0.312 e. The zero-order chi connectivity index (χ0) is 12.8. The number of nitrogens with zero attached hydrogens (tertiary/aromatic N) is 1. The third-order valence-electron chi connectivity index (χ3n) is 4.89. The van der Waals surface area contributed by atoms with Crippen LogP contribution in [0.3, 0.4) is 0 Å². The fraction of sp³-hybridized carbons (Fsp3) is 1.00. The first-order chi connectivity index (χ1) is 8.74. The van der Waals surface area contributed by atoms with Crippen molar-refractivity contribution >= 4 is 0 Å². The van der Waals surface area contributed by atoms with Gasteiger partial charge in [0.25, 0.3) is 0 Å². The topological polar surface area (TPSA) is 15.3 Å². The van der Waals surface area contributed by atoms with Crippen LogP contribution in [0.15, 0.2) is 0 Å². The zero-order valence-corrected chi connectivity index (χ0v) is 12.5. The van der Waals surface area contributed by atoms with E-state index in [1.54, 1.807) is 0 Å². The van der Waals surface area contributed by atoms with E-state index < -0.39 is 0 Å². The molecule has 2 nitrogen and oxygen atoms in total. The maximum atomic E-state index is 3.68. The highest BCUT2D eigenvalue weighted by Crippen LogP contribution is 2.28. The van der Waals surface area contributed by atoms with E-state index in [2.05, 4.69) is 24.1 Å². The predicted octanol–water partition coefficient (Wildman–Crippen LogP) is 3.42. The standard InChI is InChI=1S/C16H32N2/c1-14-9-12-18(13-10-15(2)17-14)11-5-8-16-6-3-4-7-16/h14-17H,3-13H2,1-2H3. The van der Waals surface area contributed by atoms with E-state index in [0.717, 1.165) is 5.92 Å². The number of rotatable bonds is 4. The lowest BCUT2D eigenvalue weighted by molar-refractivity contribution is 0.212. The van der Waals surface area contributed by atoms with Crippen LogP contribution in [0.2, 0.25) is 0 Å². The van der Waals surface area contributed by atoms with E-state index in [4.69, 9.17) is 0 Å². The molecule has 1 aliphatic heterocycles. The van der Waals surface area contributed by atoms with Gasteiger partial charge in [-0.25, -0.2) is 0 Å². The quantitative estimate of drug-likeness (QED) is 0.825. The van der Waals surface area contributed by atoms with Crippen LogP contribution in [-0.2, 0) is 0 Å². The van der Waals surface area contributed by atoms with Gasteiger partial charge < -0.3 is 10.2 Å². The Labute approximate surface area is 114 Å². The first-order valence-electron chi connectivity index (χ1n) is 8.22. The Bertz CT molecular complexity index is 211. The molecule has 0 aromatic carbocycles. The largest absolute Gasteiger partial charge is 0.312 e. The third-order valence-corrected chi connectivity index (χ3v) is 4.89. The van der Waals surface area contributed by atoms with Gasteiger partial charge >= 0.3 is 0 Å². The van der Waals surface area contributed by atoms with Crippen molar-refractivity contribution in [1.29, 1.82) is 0 Å². The molecule has 0 aromatic rings. The van der Waals surface area contributed by atoms with Crippen LogP contribution < -0.4 is 5.32 Å². The Kier molecular flexibility index (Phi) is 5.97. The van der Waals surface area contributed by atoms with Crippen LogP contribution in [0.5, 0.6) is 0 Å². The SMILES string of the molecule is CC1CCN(CCCC2CCCC2)CCC(C)N1. The molecular formula is C16H32N2. The Hall–Kier alpha value is -0.0800. The molecule has 1 heterocycles. The van der Waals surface area contributed by atoms with E-state index in [1.807, 2.05) is 0 Å². The summed E-state index contributed by atoms with van der Waals surface area (Å²) in [6.45, 7) is 8.60. The third kappa shape index (κ3) is 4.89. The second kappa shape index (κ2) is 7.49. The van der Waals surface area contributed by atoms with E-state index >= 15 is 0 Å². The number of hydrogen-bond acceptors (Lipinski definition) is 2. The molecule has 0 radical (unpaired) electrons. The van der Waals surface area contributed by atoms with E-state index in [0.29, 0.717) is 12.1 Å². The Morgan fingerprint density at radius 1 is 0.944 bits per heavy atom. The van der Waals surface area contributed by atoms with Gasteiger partial charge in [0, 0.05) is 12.1 Å². The van der Waals surface area contributed by atoms with Crippen molar-refractivity contribution in [2.24, 2.45) is 5.92 Å². The van der Waals surface area contributed by atoms with Crippen LogP contribution >= 0.6 is 0 Å². The van der Waals surface area contributed by atoms with Crippen molar-refractivity contribution in [3.05, 3.63) is 0 Å². The highest BCUT2D eigenvalue weighted by molar-refractivity contribution is 4.75. The van der Waals surface area contributed by atoms with Gasteiger partial charge in [-0.05, 0) is 65.1 Å². The fourth-order valence-electron chi connectivity index (χ4n) is 3.64. The summed E-state index contributed by atoms with van der Waals surface area (Å²) in [6.07, 6.45) is 11.6. The van der Waals surface area contributed by atoms with Gasteiger partial charge in [-0.2, -0.15) is 0 Å². The Morgan fingerprint density at radius 3 is 2.17 bits per heavy atom. The van der Waals surface area contributed by atoms with Gasteiger partial charge in [0.05, 0.1) is 0 Å². The Balaban J connectivity index is 1.64. The summed E-state index contributed by atoms with van der Waals surface area (Å²) >= 11 is 0. The van der Waals surface area contributed by atoms with Gasteiger partial charge in [-0.3, -0.25) is 0 Å². The highest BCUT2D eigenvalue weighted by Gasteiger charge is 2.17. The molecule has 18 heavy (non-hydrogen) atoms. The average molecular weight is 252 g/mol. The minimum atomic E-state index is 0.692. The molecule has 0 spiro atoms. The highest BCUT2D eigenvalue weighted by atomic mass is 15.1. The second-order valence-electron chi connectivity index (χ2n) is 6.68. The van der Waals surface area contributed by atoms with E-state index in [-0.39, 0.29) is 0 Å². The Morgan fingerprint density at radius 2 is 1.56 bits per heavy atom. The summed E-state index contributed by atoms with van der Waals surface area (Å²) < 4.78 is 0. The molecule has 0 amide bonds. The van der Waals surface area contributed by atoms with Crippen LogP contribution in [0.4, 0.5) is 0 Å². The summed E-state index contributed by atoms with van der Waals surface area (Å²) in [5.41, 5.74) is 0. The van der Waals surface area contributed by atoms with Crippen LogP contribution in [0.25, 0.3) is 0 Å². The van der Waals surface area contributed by atoms with Crippen molar-refractivity contribution in [1.82, 2.24) is 10.2 Å². The molecule has 1 saturated heterocycles. The molecule has 2 unspecified atom stereocenters. The second-order valence-corrected chi connectivity index (χ2v) is 6.68. The van der Waals surface area contributed by atoms with Gasteiger partial charge in [-0.15, -0.1) is 0 Å². The zero-order valence-electron chi connectivity index (χ0n) is 12.5. The van der Waals surface area contributed by atoms with Crippen molar-refractivity contribution in [3.63, 3.8) is 0 Å². The van der Waals surface area contributed by atoms with Gasteiger partial charge in [0.1, 0.15) is 0 Å². The molecule has 1 N–H and O–H groups in total. The molecular weight excluding hydrogens is 220 g/mol. The van der Waals surface area contributed by atoms with Crippen LogP contribution in [0.1, 0.15) is 65.2 Å². The first-order valence-corrected chi connectivity index (χ1v) is 8.22. The normalized spacial score (nSPS) is 32.3. The predicted molar refractivity (Wildman–Crippen MR) is 78.9 cm³/mol. The minimum absolute atomic E-state index is 0.692. The lowest BCUT2D eigenvalue weighted by Crippen LogP contribution is -2.43. The van der Waals surface area contributed by atoms with Crippen molar-refractivity contribution in [2.75, 3.05) is 19.6 Å². The number of nitrogens with one attached hydrogen (secondary N) is 1. The molecule has 1 saturated carbocycles. The smallest absolute Gasteiger partial charge is 0.00533 e. The molecule has 0 bridgehead atoms. The molecule has 0 aromatic heterocycles. The fourth-order valence-corrected chi connectivity index (χ4v) is 3.64. The summed E-state index contributed by atoms with van der Waals surface area (Å²) in [7, 11) is 0. The van der Waals surface area contributed by atoms with Crippen LogP contribution in [-0.4, -0.2) is 36.6 Å². The van der Waals surface area contributed by atoms with Crippen molar-refractivity contribution in [3.8, 4) is 0 Å². The average Bonchev–Trinajstić information content (AvgIpc) is 2.83. The summed E-state index contributed by atoms with van der Waals surface area (Å²) in [5, 5.41) is 3.68. The summed E-state index contributed by atoms with van der Waals surface area (Å²) in [5.74, 6) is 1.07. The van der Waals surface area contributed by atoms with Gasteiger partial charge in [-0.1, -0.05) is 25.7 Å². The van der Waals surface area contributed by atoms with Gasteiger partial charge in [0.2, 0.25) is 0 Å². The summed E-state index contributed by atoms with van der Waals surface area (Å²) in [6, 6.07) is 1.38. The van der Waals surface area contributed by atoms with Gasteiger partial charge in [0.15, 0.2) is 0 Å². The molecule has 2 heteroatoms. The molecule has 2 rings (SSSR count). The lowest BCUT2D eigenvalue weighted by atomic mass is 10.0. The van der Waals surface area contributed by atoms with Crippen LogP contribution in [0, 0.1) is 5.92 Å². The molecule has 2 fully saturated rings. The maximum absolute atomic E-state index is 3.68. The first kappa shape index (κ1) is 14.3.